The van der Waals surface area contributed by atoms with Crippen LogP contribution in [-0.2, 0) is 4.74 Å². The van der Waals surface area contributed by atoms with Crippen LogP contribution in [0.25, 0.3) is 0 Å². The molecule has 2 fully saturated rings. The van der Waals surface area contributed by atoms with Crippen LogP contribution in [0, 0.1) is 5.92 Å². The fourth-order valence-electron chi connectivity index (χ4n) is 2.74. The minimum atomic E-state index is 0.571. The van der Waals surface area contributed by atoms with Crippen LogP contribution in [0.4, 0.5) is 0 Å². The van der Waals surface area contributed by atoms with Gasteiger partial charge in [0.05, 0.1) is 12.2 Å². The second kappa shape index (κ2) is 5.15. The molecule has 4 unspecified atom stereocenters. The first-order chi connectivity index (χ1) is 6.77. The monoisotopic (exact) mass is 308 g/mol. The molecule has 0 bridgehead atoms. The van der Waals surface area contributed by atoms with Crippen molar-refractivity contribution in [3.63, 3.8) is 0 Å². The van der Waals surface area contributed by atoms with Gasteiger partial charge in [0.2, 0.25) is 0 Å². The standard InChI is InChI=1S/C12H21IO/c1-9-5-2-3-7-11(9)14-12-8-4-6-10(12)13/h9-12H,2-8H2,1H3. The van der Waals surface area contributed by atoms with E-state index in [9.17, 15) is 0 Å². The summed E-state index contributed by atoms with van der Waals surface area (Å²) in [4.78, 5) is 0. The zero-order valence-corrected chi connectivity index (χ0v) is 11.2. The Morgan fingerprint density at radius 1 is 0.929 bits per heavy atom. The van der Waals surface area contributed by atoms with Crippen LogP contribution in [0.2, 0.25) is 0 Å². The van der Waals surface area contributed by atoms with E-state index in [1.807, 2.05) is 0 Å². The summed E-state index contributed by atoms with van der Waals surface area (Å²) < 4.78 is 7.05. The van der Waals surface area contributed by atoms with Crippen LogP contribution in [0.3, 0.4) is 0 Å². The molecule has 0 aromatic rings. The molecule has 14 heavy (non-hydrogen) atoms. The van der Waals surface area contributed by atoms with Crippen molar-refractivity contribution in [3.05, 3.63) is 0 Å². The third-order valence-electron chi connectivity index (χ3n) is 3.75. The van der Waals surface area contributed by atoms with Gasteiger partial charge in [-0.25, -0.2) is 0 Å². The highest BCUT2D eigenvalue weighted by molar-refractivity contribution is 14.1. The molecule has 0 spiro atoms. The first-order valence-electron chi connectivity index (χ1n) is 6.07. The van der Waals surface area contributed by atoms with Gasteiger partial charge < -0.3 is 4.74 Å². The summed E-state index contributed by atoms with van der Waals surface area (Å²) >= 11 is 2.57. The average Bonchev–Trinajstić information content (AvgIpc) is 2.56. The minimum absolute atomic E-state index is 0.571. The van der Waals surface area contributed by atoms with E-state index in [-0.39, 0.29) is 0 Å². The fraction of sp³-hybridized carbons (Fsp3) is 1.00. The van der Waals surface area contributed by atoms with Crippen LogP contribution in [-0.4, -0.2) is 16.1 Å². The molecule has 0 amide bonds. The maximum atomic E-state index is 6.27. The Hall–Kier alpha value is 0.690. The van der Waals surface area contributed by atoms with Gasteiger partial charge in [-0.15, -0.1) is 0 Å². The predicted octanol–water partition coefficient (Wildman–Crippen LogP) is 3.94. The Balaban J connectivity index is 1.83. The van der Waals surface area contributed by atoms with Crippen molar-refractivity contribution in [2.75, 3.05) is 0 Å². The molecule has 0 radical (unpaired) electrons. The van der Waals surface area contributed by atoms with Crippen molar-refractivity contribution in [3.8, 4) is 0 Å². The predicted molar refractivity (Wildman–Crippen MR) is 68.0 cm³/mol. The highest BCUT2D eigenvalue weighted by atomic mass is 127. The van der Waals surface area contributed by atoms with E-state index in [2.05, 4.69) is 29.5 Å². The molecule has 0 saturated heterocycles. The lowest BCUT2D eigenvalue weighted by atomic mass is 9.88. The lowest BCUT2D eigenvalue weighted by Crippen LogP contribution is -2.32. The van der Waals surface area contributed by atoms with E-state index in [0.717, 1.165) is 9.84 Å². The van der Waals surface area contributed by atoms with Crippen molar-refractivity contribution in [2.24, 2.45) is 5.92 Å². The maximum Gasteiger partial charge on any atom is 0.0696 e. The molecule has 4 atom stereocenters. The molecule has 0 heterocycles. The van der Waals surface area contributed by atoms with Gasteiger partial charge in [0.15, 0.2) is 0 Å². The first-order valence-corrected chi connectivity index (χ1v) is 7.31. The van der Waals surface area contributed by atoms with E-state index in [1.54, 1.807) is 0 Å². The Morgan fingerprint density at radius 3 is 2.29 bits per heavy atom. The van der Waals surface area contributed by atoms with Crippen LogP contribution in [0.1, 0.15) is 51.9 Å². The van der Waals surface area contributed by atoms with Crippen molar-refractivity contribution in [1.82, 2.24) is 0 Å². The maximum absolute atomic E-state index is 6.27. The Morgan fingerprint density at radius 2 is 1.64 bits per heavy atom. The minimum Gasteiger partial charge on any atom is -0.374 e. The van der Waals surface area contributed by atoms with Crippen molar-refractivity contribution in [1.29, 1.82) is 0 Å². The number of ether oxygens (including phenoxy) is 1. The van der Waals surface area contributed by atoms with Gasteiger partial charge in [-0.2, -0.15) is 0 Å². The summed E-state index contributed by atoms with van der Waals surface area (Å²) in [6.07, 6.45) is 10.7. The summed E-state index contributed by atoms with van der Waals surface area (Å²) in [7, 11) is 0. The largest absolute Gasteiger partial charge is 0.374 e. The molecule has 0 aromatic carbocycles. The van der Waals surface area contributed by atoms with E-state index < -0.39 is 0 Å². The highest BCUT2D eigenvalue weighted by Crippen LogP contribution is 2.34. The van der Waals surface area contributed by atoms with Gasteiger partial charge in [-0.05, 0) is 38.0 Å². The lowest BCUT2D eigenvalue weighted by Gasteiger charge is -2.32. The summed E-state index contributed by atoms with van der Waals surface area (Å²) in [6, 6.07) is 0. The normalized spacial score (nSPS) is 44.1. The molecule has 0 aromatic heterocycles. The zero-order valence-electron chi connectivity index (χ0n) is 9.05. The van der Waals surface area contributed by atoms with Gasteiger partial charge in [-0.3, -0.25) is 0 Å². The van der Waals surface area contributed by atoms with E-state index >= 15 is 0 Å². The van der Waals surface area contributed by atoms with Gasteiger partial charge >= 0.3 is 0 Å². The van der Waals surface area contributed by atoms with Crippen LogP contribution < -0.4 is 0 Å². The second-order valence-corrected chi connectivity index (χ2v) is 6.52. The summed E-state index contributed by atoms with van der Waals surface area (Å²) in [5.41, 5.74) is 0. The summed E-state index contributed by atoms with van der Waals surface area (Å²) in [6.45, 7) is 2.36. The topological polar surface area (TPSA) is 9.23 Å². The van der Waals surface area contributed by atoms with Crippen molar-refractivity contribution >= 4 is 22.6 Å². The Bertz CT molecular complexity index is 183. The van der Waals surface area contributed by atoms with E-state index in [1.165, 1.54) is 44.9 Å². The van der Waals surface area contributed by atoms with Gasteiger partial charge in [0.25, 0.3) is 0 Å². The summed E-state index contributed by atoms with van der Waals surface area (Å²) in [5, 5.41) is 0. The molecular formula is C12H21IO. The third kappa shape index (κ3) is 2.63. The molecule has 2 rings (SSSR count). The molecule has 82 valence electrons. The molecule has 2 aliphatic carbocycles. The molecule has 2 heteroatoms. The SMILES string of the molecule is CC1CCCCC1OC1CCCC1I. The third-order valence-corrected chi connectivity index (χ3v) is 5.18. The molecule has 2 aliphatic rings. The van der Waals surface area contributed by atoms with Crippen molar-refractivity contribution in [2.45, 2.75) is 68.0 Å². The fourth-order valence-corrected chi connectivity index (χ4v) is 3.71. The Kier molecular flexibility index (Phi) is 4.11. The first kappa shape index (κ1) is 11.2. The molecule has 1 nitrogen and oxygen atoms in total. The number of alkyl halides is 1. The molecule has 0 aliphatic heterocycles. The van der Waals surface area contributed by atoms with E-state index in [4.69, 9.17) is 4.74 Å². The quantitative estimate of drug-likeness (QED) is 0.554. The number of rotatable bonds is 2. The number of hydrogen-bond donors (Lipinski definition) is 0. The van der Waals surface area contributed by atoms with Crippen molar-refractivity contribution < 1.29 is 4.74 Å². The van der Waals surface area contributed by atoms with Crippen LogP contribution in [0.15, 0.2) is 0 Å². The number of hydrogen-bond acceptors (Lipinski definition) is 1. The molecule has 0 N–H and O–H groups in total. The number of halogens is 1. The average molecular weight is 308 g/mol. The van der Waals surface area contributed by atoms with Gasteiger partial charge in [0.1, 0.15) is 0 Å². The second-order valence-electron chi connectivity index (χ2n) is 4.92. The zero-order chi connectivity index (χ0) is 9.97. The van der Waals surface area contributed by atoms with Crippen LogP contribution >= 0.6 is 22.6 Å². The van der Waals surface area contributed by atoms with E-state index in [0.29, 0.717) is 12.2 Å². The van der Waals surface area contributed by atoms with Gasteiger partial charge in [-0.1, -0.05) is 42.4 Å². The smallest absolute Gasteiger partial charge is 0.0696 e. The summed E-state index contributed by atoms with van der Waals surface area (Å²) in [5.74, 6) is 0.799. The molecule has 2 saturated carbocycles. The Labute approximate surface area is 101 Å². The van der Waals surface area contributed by atoms with Crippen LogP contribution in [0.5, 0.6) is 0 Å². The lowest BCUT2D eigenvalue weighted by molar-refractivity contribution is -0.0485. The highest BCUT2D eigenvalue weighted by Gasteiger charge is 2.31. The van der Waals surface area contributed by atoms with Gasteiger partial charge in [0, 0.05) is 3.92 Å². The molecular weight excluding hydrogens is 287 g/mol.